The number of nitro benzene ring substituents is 1. The monoisotopic (exact) mass is 453 g/mol. The molecule has 10 heteroatoms. The Balaban J connectivity index is 1.60. The van der Waals surface area contributed by atoms with E-state index < -0.39 is 10.8 Å². The van der Waals surface area contributed by atoms with Crippen LogP contribution >= 0.6 is 22.7 Å². The van der Waals surface area contributed by atoms with Crippen molar-refractivity contribution in [1.29, 1.82) is 0 Å². The average Bonchev–Trinajstić information content (AvgIpc) is 3.33. The number of benzene rings is 2. The Hall–Kier alpha value is -3.50. The highest BCUT2D eigenvalue weighted by Gasteiger charge is 2.17. The number of ether oxygens (including phenoxy) is 2. The minimum atomic E-state index is -0.453. The lowest BCUT2D eigenvalue weighted by molar-refractivity contribution is -0.384. The summed E-state index contributed by atoms with van der Waals surface area (Å²) in [5.41, 5.74) is 0.871. The van der Waals surface area contributed by atoms with Crippen molar-refractivity contribution in [3.8, 4) is 11.5 Å². The SMILES string of the molecule is C=CCn1c(=NC(=O)c2cc3cc([N+](=O)[O-])ccc3s2)sc2cc3c(cc21)OCCO3. The van der Waals surface area contributed by atoms with Crippen molar-refractivity contribution in [2.45, 2.75) is 6.54 Å². The van der Waals surface area contributed by atoms with Crippen LogP contribution in [0.4, 0.5) is 5.69 Å². The number of hydrogen-bond donors (Lipinski definition) is 0. The molecule has 0 atom stereocenters. The van der Waals surface area contributed by atoms with E-state index in [-0.39, 0.29) is 5.69 Å². The highest BCUT2D eigenvalue weighted by Crippen LogP contribution is 2.36. The Kier molecular flexibility index (Phi) is 4.79. The highest BCUT2D eigenvalue weighted by molar-refractivity contribution is 7.21. The van der Waals surface area contributed by atoms with E-state index >= 15 is 0 Å². The average molecular weight is 454 g/mol. The lowest BCUT2D eigenvalue weighted by Crippen LogP contribution is -2.17. The van der Waals surface area contributed by atoms with Gasteiger partial charge < -0.3 is 14.0 Å². The quantitative estimate of drug-likeness (QED) is 0.257. The molecule has 5 rings (SSSR count). The summed E-state index contributed by atoms with van der Waals surface area (Å²) >= 11 is 2.64. The summed E-state index contributed by atoms with van der Waals surface area (Å²) in [6.45, 7) is 5.27. The number of rotatable bonds is 4. The number of carbonyl (C=O) groups is 1. The molecule has 0 saturated heterocycles. The Bertz CT molecular complexity index is 1450. The smallest absolute Gasteiger partial charge is 0.289 e. The first-order valence-electron chi connectivity index (χ1n) is 9.34. The van der Waals surface area contributed by atoms with Crippen LogP contribution in [-0.4, -0.2) is 28.6 Å². The molecule has 0 radical (unpaired) electrons. The molecule has 0 fully saturated rings. The van der Waals surface area contributed by atoms with Crippen molar-refractivity contribution in [3.63, 3.8) is 0 Å². The summed E-state index contributed by atoms with van der Waals surface area (Å²) in [6.07, 6.45) is 1.74. The molecule has 2 aromatic carbocycles. The molecule has 0 bridgehead atoms. The van der Waals surface area contributed by atoms with Gasteiger partial charge in [-0.15, -0.1) is 17.9 Å². The Morgan fingerprint density at radius 2 is 1.94 bits per heavy atom. The Morgan fingerprint density at radius 3 is 2.68 bits per heavy atom. The van der Waals surface area contributed by atoms with Gasteiger partial charge in [-0.25, -0.2) is 0 Å². The van der Waals surface area contributed by atoms with Crippen LogP contribution in [0.3, 0.4) is 0 Å². The zero-order valence-corrected chi connectivity index (χ0v) is 17.7. The number of allylic oxidation sites excluding steroid dienone is 1. The Labute approximate surface area is 183 Å². The number of hydrogen-bond acceptors (Lipinski definition) is 7. The molecule has 0 spiro atoms. The summed E-state index contributed by atoms with van der Waals surface area (Å²) < 4.78 is 15.0. The maximum Gasteiger partial charge on any atom is 0.289 e. The van der Waals surface area contributed by atoms with Gasteiger partial charge in [0.15, 0.2) is 16.3 Å². The molecule has 8 nitrogen and oxygen atoms in total. The maximum atomic E-state index is 12.9. The lowest BCUT2D eigenvalue weighted by Gasteiger charge is -2.18. The van der Waals surface area contributed by atoms with Crippen LogP contribution in [0.25, 0.3) is 20.3 Å². The molecule has 3 heterocycles. The van der Waals surface area contributed by atoms with Crippen molar-refractivity contribution in [3.05, 3.63) is 68.8 Å². The zero-order valence-electron chi connectivity index (χ0n) is 16.1. The molecular formula is C21H15N3O5S2. The van der Waals surface area contributed by atoms with Crippen LogP contribution < -0.4 is 14.3 Å². The van der Waals surface area contributed by atoms with Gasteiger partial charge in [0.2, 0.25) is 0 Å². The summed E-state index contributed by atoms with van der Waals surface area (Å²) in [4.78, 5) is 28.8. The molecule has 156 valence electrons. The van der Waals surface area contributed by atoms with E-state index in [2.05, 4.69) is 11.6 Å². The van der Waals surface area contributed by atoms with Crippen molar-refractivity contribution >= 4 is 54.6 Å². The van der Waals surface area contributed by atoms with E-state index in [1.165, 1.54) is 34.8 Å². The fourth-order valence-corrected chi connectivity index (χ4v) is 5.36. The topological polar surface area (TPSA) is 96.0 Å². The van der Waals surface area contributed by atoms with Crippen molar-refractivity contribution in [2.24, 2.45) is 4.99 Å². The third kappa shape index (κ3) is 3.49. The lowest BCUT2D eigenvalue weighted by atomic mass is 10.2. The molecule has 0 aliphatic carbocycles. The van der Waals surface area contributed by atoms with Gasteiger partial charge >= 0.3 is 0 Å². The predicted molar refractivity (Wildman–Crippen MR) is 119 cm³/mol. The van der Waals surface area contributed by atoms with Crippen molar-refractivity contribution in [2.75, 3.05) is 13.2 Å². The minimum absolute atomic E-state index is 0.0111. The molecule has 1 aliphatic heterocycles. The summed E-state index contributed by atoms with van der Waals surface area (Å²) in [5.74, 6) is 0.943. The van der Waals surface area contributed by atoms with Crippen LogP contribution in [0.5, 0.6) is 11.5 Å². The van der Waals surface area contributed by atoms with Crippen LogP contribution in [0.2, 0.25) is 0 Å². The van der Waals surface area contributed by atoms with Gasteiger partial charge in [-0.2, -0.15) is 4.99 Å². The summed E-state index contributed by atoms with van der Waals surface area (Å²) in [6, 6.07) is 9.98. The number of nitrogens with zero attached hydrogens (tertiary/aromatic N) is 3. The second kappa shape index (κ2) is 7.64. The van der Waals surface area contributed by atoms with E-state index in [0.29, 0.717) is 46.3 Å². The largest absolute Gasteiger partial charge is 0.486 e. The van der Waals surface area contributed by atoms with E-state index in [1.807, 2.05) is 16.7 Å². The fraction of sp³-hybridized carbons (Fsp3) is 0.143. The molecule has 4 aromatic rings. The molecule has 1 aliphatic rings. The molecule has 31 heavy (non-hydrogen) atoms. The van der Waals surface area contributed by atoms with Gasteiger partial charge in [0.05, 0.1) is 20.0 Å². The standard InChI is InChI=1S/C21H15N3O5S2/c1-2-5-23-14-10-15-16(29-7-6-28-15)11-18(14)31-21(23)22-20(25)19-9-12-8-13(24(26)27)3-4-17(12)30-19/h2-4,8-11H,1,5-7H2. The predicted octanol–water partition coefficient (Wildman–Crippen LogP) is 4.52. The second-order valence-electron chi connectivity index (χ2n) is 6.75. The van der Waals surface area contributed by atoms with Gasteiger partial charge in [-0.1, -0.05) is 17.4 Å². The van der Waals surface area contributed by atoms with Crippen LogP contribution in [0.15, 0.2) is 54.0 Å². The molecule has 0 saturated carbocycles. The third-order valence-electron chi connectivity index (χ3n) is 4.78. The van der Waals surface area contributed by atoms with E-state index in [9.17, 15) is 14.9 Å². The van der Waals surface area contributed by atoms with Gasteiger partial charge in [0, 0.05) is 40.9 Å². The molecule has 2 aromatic heterocycles. The van der Waals surface area contributed by atoms with Gasteiger partial charge in [-0.05, 0) is 12.1 Å². The molecule has 1 amide bonds. The zero-order chi connectivity index (χ0) is 21.5. The first kappa shape index (κ1) is 19.5. The minimum Gasteiger partial charge on any atom is -0.486 e. The summed E-state index contributed by atoms with van der Waals surface area (Å²) in [7, 11) is 0. The number of thiazole rings is 1. The number of carbonyl (C=O) groups excluding carboxylic acids is 1. The number of nitro groups is 1. The first-order chi connectivity index (χ1) is 15.0. The normalized spacial score (nSPS) is 13.6. The van der Waals surface area contributed by atoms with Crippen molar-refractivity contribution in [1.82, 2.24) is 4.57 Å². The number of aromatic nitrogens is 1. The third-order valence-corrected chi connectivity index (χ3v) is 6.92. The van der Waals surface area contributed by atoms with E-state index in [4.69, 9.17) is 9.47 Å². The maximum absolute atomic E-state index is 12.9. The van der Waals surface area contributed by atoms with Crippen LogP contribution in [-0.2, 0) is 6.54 Å². The Morgan fingerprint density at radius 1 is 1.16 bits per heavy atom. The fourth-order valence-electron chi connectivity index (χ4n) is 3.39. The number of fused-ring (bicyclic) bond motifs is 3. The summed E-state index contributed by atoms with van der Waals surface area (Å²) in [5, 5.41) is 11.7. The van der Waals surface area contributed by atoms with Crippen LogP contribution in [0.1, 0.15) is 9.67 Å². The van der Waals surface area contributed by atoms with Crippen LogP contribution in [0, 0.1) is 10.1 Å². The molecular weight excluding hydrogens is 438 g/mol. The first-order valence-corrected chi connectivity index (χ1v) is 11.0. The van der Waals surface area contributed by atoms with Crippen molar-refractivity contribution < 1.29 is 19.2 Å². The number of non-ortho nitro benzene ring substituents is 1. The van der Waals surface area contributed by atoms with Gasteiger partial charge in [0.25, 0.3) is 11.6 Å². The van der Waals surface area contributed by atoms with Gasteiger partial charge in [-0.3, -0.25) is 14.9 Å². The molecule has 0 N–H and O–H groups in total. The number of thiophene rings is 1. The van der Waals surface area contributed by atoms with E-state index in [1.54, 1.807) is 18.2 Å². The van der Waals surface area contributed by atoms with E-state index in [0.717, 1.165) is 14.9 Å². The number of amides is 1. The second-order valence-corrected chi connectivity index (χ2v) is 8.85. The highest BCUT2D eigenvalue weighted by atomic mass is 32.1. The van der Waals surface area contributed by atoms with Gasteiger partial charge in [0.1, 0.15) is 13.2 Å². The molecule has 0 unspecified atom stereocenters.